The first-order valence-corrected chi connectivity index (χ1v) is 9.93. The molecule has 0 unspecified atom stereocenters. The lowest BCUT2D eigenvalue weighted by atomic mass is 10.1. The average molecular weight is 337 g/mol. The molecular formula is C15H19N3O2S2. The lowest BCUT2D eigenvalue weighted by Crippen LogP contribution is -2.35. The average Bonchev–Trinajstić information content (AvgIpc) is 3.05. The summed E-state index contributed by atoms with van der Waals surface area (Å²) < 4.78 is 23.6. The van der Waals surface area contributed by atoms with Crippen LogP contribution in [0.1, 0.15) is 22.0 Å². The normalized spacial score (nSPS) is 20.5. The van der Waals surface area contributed by atoms with Crippen LogP contribution in [0.4, 0.5) is 0 Å². The molecule has 0 bridgehead atoms. The van der Waals surface area contributed by atoms with Crippen molar-refractivity contribution in [3.05, 3.63) is 45.9 Å². The Hall–Kier alpha value is -1.31. The van der Waals surface area contributed by atoms with Gasteiger partial charge >= 0.3 is 0 Å². The Balaban J connectivity index is 1.78. The molecule has 0 spiro atoms. The van der Waals surface area contributed by atoms with E-state index in [-0.39, 0.29) is 17.5 Å². The summed E-state index contributed by atoms with van der Waals surface area (Å²) in [5, 5.41) is 10.1. The van der Waals surface area contributed by atoms with Crippen molar-refractivity contribution in [1.82, 2.24) is 15.1 Å². The van der Waals surface area contributed by atoms with Crippen molar-refractivity contribution in [2.24, 2.45) is 0 Å². The highest BCUT2D eigenvalue weighted by Gasteiger charge is 2.32. The number of nitrogens with zero attached hydrogens (tertiary/aromatic N) is 3. The largest absolute Gasteiger partial charge is 0.288 e. The summed E-state index contributed by atoms with van der Waals surface area (Å²) >= 11 is 1.57. The minimum Gasteiger partial charge on any atom is -0.288 e. The zero-order valence-corrected chi connectivity index (χ0v) is 14.1. The molecular weight excluding hydrogens is 318 g/mol. The molecule has 1 aliphatic rings. The topological polar surface area (TPSA) is 63.2 Å². The van der Waals surface area contributed by atoms with E-state index in [1.165, 1.54) is 5.56 Å². The number of hydrogen-bond donors (Lipinski definition) is 0. The second-order valence-electron chi connectivity index (χ2n) is 5.66. The Kier molecular flexibility index (Phi) is 4.56. The quantitative estimate of drug-likeness (QED) is 0.835. The van der Waals surface area contributed by atoms with E-state index in [1.54, 1.807) is 11.3 Å². The molecule has 5 nitrogen and oxygen atoms in total. The Labute approximate surface area is 134 Å². The fraction of sp³-hybridized carbons (Fsp3) is 0.467. The molecule has 1 atom stereocenters. The van der Waals surface area contributed by atoms with E-state index in [0.29, 0.717) is 13.0 Å². The maximum Gasteiger partial charge on any atom is 0.151 e. The lowest BCUT2D eigenvalue weighted by molar-refractivity contribution is 0.193. The highest BCUT2D eigenvalue weighted by atomic mass is 32.2. The minimum absolute atomic E-state index is 0.0643. The number of aryl methyl sites for hydroxylation is 1. The van der Waals surface area contributed by atoms with Crippen molar-refractivity contribution in [2.45, 2.75) is 32.5 Å². The van der Waals surface area contributed by atoms with Crippen molar-refractivity contribution in [1.29, 1.82) is 0 Å². The molecule has 22 heavy (non-hydrogen) atoms. The third-order valence-electron chi connectivity index (χ3n) is 3.86. The predicted octanol–water partition coefficient (Wildman–Crippen LogP) is 2.04. The monoisotopic (exact) mass is 337 g/mol. The fourth-order valence-corrected chi connectivity index (χ4v) is 5.27. The maximum absolute atomic E-state index is 11.8. The standard InChI is InChI=1S/C15H19N3O2S2/c1-12-16-17-15(21-12)10-18(9-13-5-3-2-4-6-13)14-7-8-22(19,20)11-14/h2-6,14H,7-11H2,1H3/t14-/m1/s1. The van der Waals surface area contributed by atoms with Crippen molar-refractivity contribution >= 4 is 21.2 Å². The molecule has 0 aliphatic carbocycles. The molecule has 1 aromatic heterocycles. The molecule has 3 rings (SSSR count). The van der Waals surface area contributed by atoms with E-state index < -0.39 is 9.84 Å². The van der Waals surface area contributed by atoms with Gasteiger partial charge < -0.3 is 0 Å². The smallest absolute Gasteiger partial charge is 0.151 e. The number of aromatic nitrogens is 2. The van der Waals surface area contributed by atoms with Crippen LogP contribution in [0.15, 0.2) is 30.3 Å². The van der Waals surface area contributed by atoms with E-state index in [9.17, 15) is 8.42 Å². The molecule has 1 fully saturated rings. The minimum atomic E-state index is -2.89. The van der Waals surface area contributed by atoms with Gasteiger partial charge in [-0.3, -0.25) is 4.90 Å². The van der Waals surface area contributed by atoms with Crippen molar-refractivity contribution in [2.75, 3.05) is 11.5 Å². The van der Waals surface area contributed by atoms with E-state index in [1.807, 2.05) is 25.1 Å². The first-order valence-electron chi connectivity index (χ1n) is 7.29. The van der Waals surface area contributed by atoms with Gasteiger partial charge in [-0.1, -0.05) is 30.3 Å². The lowest BCUT2D eigenvalue weighted by Gasteiger charge is -2.27. The Morgan fingerprint density at radius 2 is 2.00 bits per heavy atom. The highest BCUT2D eigenvalue weighted by Crippen LogP contribution is 2.23. The van der Waals surface area contributed by atoms with Gasteiger partial charge in [-0.15, -0.1) is 21.5 Å². The molecule has 118 valence electrons. The second kappa shape index (κ2) is 6.44. The highest BCUT2D eigenvalue weighted by molar-refractivity contribution is 7.91. The van der Waals surface area contributed by atoms with Gasteiger partial charge in [-0.25, -0.2) is 8.42 Å². The van der Waals surface area contributed by atoms with Gasteiger partial charge in [0.15, 0.2) is 9.84 Å². The summed E-state index contributed by atoms with van der Waals surface area (Å²) in [4.78, 5) is 2.22. The van der Waals surface area contributed by atoms with Crippen LogP contribution in [0.25, 0.3) is 0 Å². The first-order chi connectivity index (χ1) is 10.5. The summed E-state index contributed by atoms with van der Waals surface area (Å²) in [6.45, 7) is 3.32. The van der Waals surface area contributed by atoms with Crippen molar-refractivity contribution < 1.29 is 8.42 Å². The molecule has 7 heteroatoms. The van der Waals surface area contributed by atoms with Gasteiger partial charge in [0.2, 0.25) is 0 Å². The third kappa shape index (κ3) is 3.91. The molecule has 2 aromatic rings. The Morgan fingerprint density at radius 3 is 2.59 bits per heavy atom. The molecule has 0 saturated carbocycles. The number of hydrogen-bond acceptors (Lipinski definition) is 6. The molecule has 1 aliphatic heterocycles. The number of benzene rings is 1. The molecule has 0 radical (unpaired) electrons. The number of sulfone groups is 1. The van der Waals surface area contributed by atoms with Crippen LogP contribution < -0.4 is 0 Å². The molecule has 0 amide bonds. The van der Waals surface area contributed by atoms with Gasteiger partial charge in [0, 0.05) is 12.6 Å². The Bertz CT molecular complexity index is 728. The summed E-state index contributed by atoms with van der Waals surface area (Å²) in [6.07, 6.45) is 0.701. The van der Waals surface area contributed by atoms with Gasteiger partial charge in [0.25, 0.3) is 0 Å². The van der Waals surface area contributed by atoms with E-state index in [4.69, 9.17) is 0 Å². The summed E-state index contributed by atoms with van der Waals surface area (Å²) in [5.74, 6) is 0.537. The Morgan fingerprint density at radius 1 is 1.23 bits per heavy atom. The van der Waals surface area contributed by atoms with Crippen LogP contribution in [-0.2, 0) is 22.9 Å². The zero-order chi connectivity index (χ0) is 15.6. The molecule has 0 N–H and O–H groups in total. The van der Waals surface area contributed by atoms with Crippen LogP contribution >= 0.6 is 11.3 Å². The van der Waals surface area contributed by atoms with Crippen LogP contribution in [-0.4, -0.2) is 41.1 Å². The zero-order valence-electron chi connectivity index (χ0n) is 12.5. The van der Waals surface area contributed by atoms with E-state index in [2.05, 4.69) is 27.2 Å². The van der Waals surface area contributed by atoms with Crippen molar-refractivity contribution in [3.63, 3.8) is 0 Å². The molecule has 1 aromatic carbocycles. The van der Waals surface area contributed by atoms with Crippen LogP contribution in [0, 0.1) is 6.92 Å². The first kappa shape index (κ1) is 15.6. The molecule has 1 saturated heterocycles. The van der Waals surface area contributed by atoms with Gasteiger partial charge in [-0.2, -0.15) is 0 Å². The van der Waals surface area contributed by atoms with Crippen LogP contribution in [0.3, 0.4) is 0 Å². The van der Waals surface area contributed by atoms with Gasteiger partial charge in [-0.05, 0) is 18.9 Å². The summed E-state index contributed by atoms with van der Waals surface area (Å²) in [6, 6.07) is 10.2. The van der Waals surface area contributed by atoms with E-state index in [0.717, 1.165) is 16.6 Å². The van der Waals surface area contributed by atoms with Gasteiger partial charge in [0.1, 0.15) is 10.0 Å². The number of rotatable bonds is 5. The maximum atomic E-state index is 11.8. The van der Waals surface area contributed by atoms with Gasteiger partial charge in [0.05, 0.1) is 18.1 Å². The summed E-state index contributed by atoms with van der Waals surface area (Å²) in [7, 11) is -2.89. The molecule has 2 heterocycles. The second-order valence-corrected chi connectivity index (χ2v) is 9.16. The van der Waals surface area contributed by atoms with Crippen molar-refractivity contribution in [3.8, 4) is 0 Å². The predicted molar refractivity (Wildman–Crippen MR) is 87.4 cm³/mol. The van der Waals surface area contributed by atoms with E-state index >= 15 is 0 Å². The van der Waals surface area contributed by atoms with Crippen LogP contribution in [0.5, 0.6) is 0 Å². The summed E-state index contributed by atoms with van der Waals surface area (Å²) in [5.41, 5.74) is 1.19. The fourth-order valence-electron chi connectivity index (χ4n) is 2.77. The third-order valence-corrected chi connectivity index (χ3v) is 6.43. The van der Waals surface area contributed by atoms with Crippen LogP contribution in [0.2, 0.25) is 0 Å². The SMILES string of the molecule is Cc1nnc(CN(Cc2ccccc2)[C@@H]2CCS(=O)(=O)C2)s1.